The van der Waals surface area contributed by atoms with Crippen LogP contribution in [0.4, 0.5) is 0 Å². The van der Waals surface area contributed by atoms with Crippen molar-refractivity contribution in [3.05, 3.63) is 53.2 Å². The van der Waals surface area contributed by atoms with E-state index in [4.69, 9.17) is 4.74 Å². The minimum Gasteiger partial charge on any atom is -0.512 e. The van der Waals surface area contributed by atoms with Gasteiger partial charge in [-0.05, 0) is 24.3 Å². The van der Waals surface area contributed by atoms with Gasteiger partial charge in [0.1, 0.15) is 23.4 Å². The maximum atomic E-state index is 10.4. The second-order valence-corrected chi connectivity index (χ2v) is 5.48. The molecule has 0 radical (unpaired) electrons. The van der Waals surface area contributed by atoms with Gasteiger partial charge in [-0.3, -0.25) is 0 Å². The smallest absolute Gasteiger partial charge is 0.165 e. The summed E-state index contributed by atoms with van der Waals surface area (Å²) in [6, 6.07) is 4.06. The molecule has 0 amide bonds. The van der Waals surface area contributed by atoms with Crippen LogP contribution in [-0.4, -0.2) is 31.6 Å². The van der Waals surface area contributed by atoms with Gasteiger partial charge >= 0.3 is 0 Å². The van der Waals surface area contributed by atoms with Crippen LogP contribution in [0.15, 0.2) is 47.6 Å². The zero-order valence-electron chi connectivity index (χ0n) is 11.8. The highest BCUT2D eigenvalue weighted by Crippen LogP contribution is 2.43. The molecular weight excluding hydrogens is 288 g/mol. The molecule has 3 unspecified atom stereocenters. The summed E-state index contributed by atoms with van der Waals surface area (Å²) in [6.07, 6.45) is 2.04. The number of rotatable bonds is 1. The maximum absolute atomic E-state index is 10.4. The molecular formula is C16H16O6. The van der Waals surface area contributed by atoms with E-state index < -0.39 is 17.9 Å². The molecule has 1 aromatic rings. The molecule has 0 aromatic heterocycles. The van der Waals surface area contributed by atoms with Crippen molar-refractivity contribution in [1.82, 2.24) is 0 Å². The Balaban J connectivity index is 2.06. The quantitative estimate of drug-likeness (QED) is 0.510. The van der Waals surface area contributed by atoms with E-state index in [1.807, 2.05) is 0 Å². The van der Waals surface area contributed by atoms with Crippen LogP contribution in [0.3, 0.4) is 0 Å². The van der Waals surface area contributed by atoms with Gasteiger partial charge in [0, 0.05) is 17.6 Å². The van der Waals surface area contributed by atoms with Gasteiger partial charge in [-0.2, -0.15) is 0 Å². The van der Waals surface area contributed by atoms with Crippen LogP contribution >= 0.6 is 0 Å². The van der Waals surface area contributed by atoms with Crippen molar-refractivity contribution in [2.24, 2.45) is 11.8 Å². The van der Waals surface area contributed by atoms with Gasteiger partial charge in [0.05, 0.1) is 5.92 Å². The van der Waals surface area contributed by atoms with Gasteiger partial charge in [-0.25, -0.2) is 0 Å². The molecule has 3 rings (SSSR count). The molecule has 1 aliphatic carbocycles. The molecule has 0 saturated heterocycles. The molecule has 6 nitrogen and oxygen atoms in total. The van der Waals surface area contributed by atoms with Gasteiger partial charge in [0.25, 0.3) is 0 Å². The van der Waals surface area contributed by atoms with E-state index in [1.54, 1.807) is 6.92 Å². The Bertz CT molecular complexity index is 715. The third-order valence-corrected chi connectivity index (χ3v) is 4.02. The summed E-state index contributed by atoms with van der Waals surface area (Å²) in [4.78, 5) is 0. The normalized spacial score (nSPS) is 27.6. The fourth-order valence-corrected chi connectivity index (χ4v) is 2.84. The van der Waals surface area contributed by atoms with E-state index in [0.29, 0.717) is 5.56 Å². The van der Waals surface area contributed by atoms with Gasteiger partial charge in [-0.1, -0.05) is 6.92 Å². The third-order valence-electron chi connectivity index (χ3n) is 4.02. The summed E-state index contributed by atoms with van der Waals surface area (Å²) in [7, 11) is 0. The van der Waals surface area contributed by atoms with Crippen molar-refractivity contribution in [2.75, 3.05) is 0 Å². The van der Waals surface area contributed by atoms with E-state index in [1.165, 1.54) is 30.4 Å². The zero-order valence-corrected chi connectivity index (χ0v) is 11.8. The van der Waals surface area contributed by atoms with E-state index >= 15 is 0 Å². The Morgan fingerprint density at radius 2 is 1.73 bits per heavy atom. The number of aliphatic hydroxyl groups is 3. The second kappa shape index (κ2) is 4.91. The number of ether oxygens (including phenoxy) is 1. The standard InChI is InChI=1S/C16H16O6/c1-7-14-12(20)5-9(17)6-13(14)22-16(15(7)21)8-2-3-10(18)11(19)4-8/h2-7,13-14,17-21H,1H3. The molecule has 0 fully saturated rings. The van der Waals surface area contributed by atoms with Crippen molar-refractivity contribution in [1.29, 1.82) is 0 Å². The Kier molecular flexibility index (Phi) is 3.16. The fourth-order valence-electron chi connectivity index (χ4n) is 2.84. The number of benzene rings is 1. The highest BCUT2D eigenvalue weighted by atomic mass is 16.5. The first kappa shape index (κ1) is 14.2. The van der Waals surface area contributed by atoms with E-state index in [-0.39, 0.29) is 34.5 Å². The van der Waals surface area contributed by atoms with Crippen molar-refractivity contribution in [3.8, 4) is 11.5 Å². The molecule has 0 spiro atoms. The minimum atomic E-state index is -0.637. The van der Waals surface area contributed by atoms with Crippen LogP contribution in [0.5, 0.6) is 11.5 Å². The number of fused-ring (bicyclic) bond motifs is 1. The summed E-state index contributed by atoms with van der Waals surface area (Å²) in [5, 5.41) is 48.9. The predicted octanol–water partition coefficient (Wildman–Crippen LogP) is 2.87. The number of allylic oxidation sites excluding steroid dienone is 2. The summed E-state index contributed by atoms with van der Waals surface area (Å²) >= 11 is 0. The monoisotopic (exact) mass is 304 g/mol. The maximum Gasteiger partial charge on any atom is 0.165 e. The Hall–Kier alpha value is -2.76. The molecule has 1 aliphatic heterocycles. The predicted molar refractivity (Wildman–Crippen MR) is 78.3 cm³/mol. The second-order valence-electron chi connectivity index (χ2n) is 5.48. The Morgan fingerprint density at radius 1 is 1.00 bits per heavy atom. The number of aromatic hydroxyl groups is 2. The fraction of sp³-hybridized carbons (Fsp3) is 0.250. The summed E-state index contributed by atoms with van der Waals surface area (Å²) in [5.74, 6) is -1.64. The lowest BCUT2D eigenvalue weighted by Crippen LogP contribution is -2.36. The van der Waals surface area contributed by atoms with Crippen LogP contribution in [-0.2, 0) is 4.74 Å². The van der Waals surface area contributed by atoms with Crippen LogP contribution in [0.2, 0.25) is 0 Å². The molecule has 22 heavy (non-hydrogen) atoms. The molecule has 2 aliphatic rings. The number of phenols is 2. The van der Waals surface area contributed by atoms with Gasteiger partial charge in [-0.15, -0.1) is 0 Å². The summed E-state index contributed by atoms with van der Waals surface area (Å²) < 4.78 is 5.69. The molecule has 5 N–H and O–H groups in total. The van der Waals surface area contributed by atoms with Crippen molar-refractivity contribution >= 4 is 5.76 Å². The minimum absolute atomic E-state index is 0.0587. The highest BCUT2D eigenvalue weighted by Gasteiger charge is 2.41. The van der Waals surface area contributed by atoms with Gasteiger partial charge in [0.15, 0.2) is 17.3 Å². The SMILES string of the molecule is CC1C(O)=C(c2ccc(O)c(O)c2)OC2C=C(O)C=C(O)C21. The first-order chi connectivity index (χ1) is 10.4. The zero-order chi connectivity index (χ0) is 16.0. The molecule has 1 heterocycles. The molecule has 0 saturated carbocycles. The third kappa shape index (κ3) is 2.13. The number of aliphatic hydroxyl groups excluding tert-OH is 3. The molecule has 0 bridgehead atoms. The van der Waals surface area contributed by atoms with Crippen molar-refractivity contribution in [2.45, 2.75) is 13.0 Å². The topological polar surface area (TPSA) is 110 Å². The van der Waals surface area contributed by atoms with Gasteiger partial charge < -0.3 is 30.3 Å². The van der Waals surface area contributed by atoms with E-state index in [0.717, 1.165) is 0 Å². The van der Waals surface area contributed by atoms with Crippen LogP contribution in [0.1, 0.15) is 12.5 Å². The summed E-state index contributed by atoms with van der Waals surface area (Å²) in [6.45, 7) is 1.73. The lowest BCUT2D eigenvalue weighted by Gasteiger charge is -2.37. The van der Waals surface area contributed by atoms with Crippen LogP contribution in [0.25, 0.3) is 5.76 Å². The molecule has 3 atom stereocenters. The lowest BCUT2D eigenvalue weighted by atomic mass is 9.80. The Labute approximate surface area is 126 Å². The Morgan fingerprint density at radius 3 is 2.41 bits per heavy atom. The molecule has 116 valence electrons. The first-order valence-electron chi connectivity index (χ1n) is 6.82. The van der Waals surface area contributed by atoms with Crippen LogP contribution < -0.4 is 0 Å². The van der Waals surface area contributed by atoms with E-state index in [2.05, 4.69) is 0 Å². The largest absolute Gasteiger partial charge is 0.512 e. The number of hydrogen-bond donors (Lipinski definition) is 5. The average molecular weight is 304 g/mol. The summed E-state index contributed by atoms with van der Waals surface area (Å²) in [5.41, 5.74) is 0.389. The number of phenolic OH excluding ortho intramolecular Hbond substituents is 2. The number of hydrogen-bond acceptors (Lipinski definition) is 6. The van der Waals surface area contributed by atoms with Crippen LogP contribution in [0, 0.1) is 11.8 Å². The van der Waals surface area contributed by atoms with Gasteiger partial charge in [0.2, 0.25) is 0 Å². The van der Waals surface area contributed by atoms with Crippen molar-refractivity contribution in [3.63, 3.8) is 0 Å². The highest BCUT2D eigenvalue weighted by molar-refractivity contribution is 5.66. The molecule has 6 heteroatoms. The van der Waals surface area contributed by atoms with E-state index in [9.17, 15) is 25.5 Å². The van der Waals surface area contributed by atoms with Crippen molar-refractivity contribution < 1.29 is 30.3 Å². The first-order valence-corrected chi connectivity index (χ1v) is 6.82. The average Bonchev–Trinajstić information content (AvgIpc) is 2.45. The molecule has 1 aromatic carbocycles. The lowest BCUT2D eigenvalue weighted by molar-refractivity contribution is 0.0619.